The van der Waals surface area contributed by atoms with Crippen LogP contribution >= 0.6 is 11.6 Å². The molecule has 0 spiro atoms. The fourth-order valence-electron chi connectivity index (χ4n) is 3.05. The van der Waals surface area contributed by atoms with Crippen molar-refractivity contribution in [1.29, 1.82) is 0 Å². The number of H-pyrrole nitrogens is 1. The molecule has 0 radical (unpaired) electrons. The van der Waals surface area contributed by atoms with Crippen molar-refractivity contribution in [3.05, 3.63) is 94.5 Å². The van der Waals surface area contributed by atoms with Gasteiger partial charge in [-0.1, -0.05) is 29.8 Å². The molecule has 3 rings (SSSR count). The molecule has 0 aliphatic heterocycles. The van der Waals surface area contributed by atoms with E-state index in [4.69, 9.17) is 26.6 Å². The van der Waals surface area contributed by atoms with Gasteiger partial charge < -0.3 is 25.3 Å². The average molecular weight is 505 g/mol. The van der Waals surface area contributed by atoms with Gasteiger partial charge in [-0.25, -0.2) is 13.6 Å². The molecular weight excluding hydrogens is 479 g/mol. The summed E-state index contributed by atoms with van der Waals surface area (Å²) < 4.78 is 38.3. The third-order valence-corrected chi connectivity index (χ3v) is 5.51. The van der Waals surface area contributed by atoms with E-state index in [9.17, 15) is 8.60 Å². The quantitative estimate of drug-likeness (QED) is 0.126. The minimum Gasteiger partial charge on any atom is -0.487 e. The average Bonchev–Trinajstić information content (AvgIpc) is 3.24. The molecule has 3 aromatic rings. The third kappa shape index (κ3) is 8.75. The van der Waals surface area contributed by atoms with Gasteiger partial charge in [0.2, 0.25) is 0 Å². The largest absolute Gasteiger partial charge is 0.487 e. The summed E-state index contributed by atoms with van der Waals surface area (Å²) in [5.74, 6) is 0.684. The number of allylic oxidation sites excluding steroid dienone is 1. The highest BCUT2D eigenvalue weighted by atomic mass is 35.5. The number of aliphatic imine (C=N–C) groups is 1. The number of nitrogens with one attached hydrogen (secondary N) is 2. The minimum atomic E-state index is -1.78. The standard InChI is InChI=1S/C24H26ClFN4O3S/c25-22-14-20(9-10-23(22)33-16-17-3-1-4-18(26)13-17)30-24(27)6-2-5-19-7-8-21(29-19)15-28-11-12-34(31)32/h1-4,6-10,13-14,28-29H,5,11-12,15-16H2,(H2,27,30)(H,31,32). The minimum absolute atomic E-state index is 0.199. The molecular formula is C24H26ClFN4O3S. The Hall–Kier alpha value is -2.98. The lowest BCUT2D eigenvalue weighted by atomic mass is 10.2. The number of halogens is 2. The van der Waals surface area contributed by atoms with E-state index in [-0.39, 0.29) is 18.2 Å². The van der Waals surface area contributed by atoms with E-state index in [1.165, 1.54) is 12.1 Å². The Labute approximate surface area is 205 Å². The molecule has 0 saturated carbocycles. The van der Waals surface area contributed by atoms with Crippen LogP contribution in [0.15, 0.2) is 71.7 Å². The topological polar surface area (TPSA) is 113 Å². The van der Waals surface area contributed by atoms with Gasteiger partial charge in [-0.3, -0.25) is 0 Å². The number of benzene rings is 2. The lowest BCUT2D eigenvalue weighted by Gasteiger charge is -2.09. The van der Waals surface area contributed by atoms with Crippen molar-refractivity contribution in [3.63, 3.8) is 0 Å². The Morgan fingerprint density at radius 3 is 2.82 bits per heavy atom. The van der Waals surface area contributed by atoms with Crippen LogP contribution in [-0.2, 0) is 30.7 Å². The van der Waals surface area contributed by atoms with E-state index in [1.54, 1.807) is 36.4 Å². The molecule has 1 unspecified atom stereocenters. The van der Waals surface area contributed by atoms with Gasteiger partial charge in [-0.05, 0) is 54.1 Å². The molecule has 1 aromatic heterocycles. The summed E-state index contributed by atoms with van der Waals surface area (Å²) in [6.07, 6.45) is 4.26. The molecule has 10 heteroatoms. The van der Waals surface area contributed by atoms with Crippen molar-refractivity contribution in [3.8, 4) is 5.75 Å². The second kappa shape index (κ2) is 13.0. The zero-order valence-electron chi connectivity index (χ0n) is 18.3. The van der Waals surface area contributed by atoms with E-state index in [0.29, 0.717) is 47.4 Å². The molecule has 0 fully saturated rings. The fourth-order valence-corrected chi connectivity index (χ4v) is 3.60. The van der Waals surface area contributed by atoms with E-state index in [1.807, 2.05) is 18.2 Å². The molecule has 0 amide bonds. The fraction of sp³-hybridized carbons (Fsp3) is 0.208. The van der Waals surface area contributed by atoms with E-state index >= 15 is 0 Å². The number of ether oxygens (including phenoxy) is 1. The van der Waals surface area contributed by atoms with Crippen molar-refractivity contribution in [2.75, 3.05) is 12.3 Å². The maximum absolute atomic E-state index is 13.3. The van der Waals surface area contributed by atoms with Crippen LogP contribution in [0.4, 0.5) is 10.1 Å². The highest BCUT2D eigenvalue weighted by molar-refractivity contribution is 7.79. The Kier molecular flexibility index (Phi) is 9.84. The van der Waals surface area contributed by atoms with Crippen LogP contribution in [0.3, 0.4) is 0 Å². The maximum Gasteiger partial charge on any atom is 0.154 e. The van der Waals surface area contributed by atoms with Crippen LogP contribution in [0.1, 0.15) is 17.0 Å². The van der Waals surface area contributed by atoms with E-state index in [0.717, 1.165) is 11.4 Å². The second-order valence-corrected chi connectivity index (χ2v) is 8.85. The number of amidine groups is 1. The molecule has 1 atom stereocenters. The summed E-state index contributed by atoms with van der Waals surface area (Å²) in [6, 6.07) is 15.2. The predicted octanol–water partition coefficient (Wildman–Crippen LogP) is 4.49. The smallest absolute Gasteiger partial charge is 0.154 e. The molecule has 0 aliphatic carbocycles. The third-order valence-electron chi connectivity index (χ3n) is 4.66. The first-order chi connectivity index (χ1) is 16.4. The van der Waals surface area contributed by atoms with Gasteiger partial charge in [-0.2, -0.15) is 0 Å². The zero-order valence-corrected chi connectivity index (χ0v) is 19.9. The molecule has 34 heavy (non-hydrogen) atoms. The van der Waals surface area contributed by atoms with Gasteiger partial charge in [0.1, 0.15) is 24.0 Å². The first-order valence-electron chi connectivity index (χ1n) is 10.5. The van der Waals surface area contributed by atoms with Crippen LogP contribution in [0.5, 0.6) is 5.75 Å². The summed E-state index contributed by atoms with van der Waals surface area (Å²) in [6.45, 7) is 1.26. The molecule has 1 heterocycles. The van der Waals surface area contributed by atoms with Gasteiger partial charge in [0, 0.05) is 30.9 Å². The van der Waals surface area contributed by atoms with Crippen LogP contribution in [0, 0.1) is 5.82 Å². The van der Waals surface area contributed by atoms with Gasteiger partial charge in [0.15, 0.2) is 11.1 Å². The number of aromatic nitrogens is 1. The molecule has 7 nitrogen and oxygen atoms in total. The molecule has 0 saturated heterocycles. The molecule has 0 bridgehead atoms. The van der Waals surface area contributed by atoms with Crippen LogP contribution in [-0.4, -0.2) is 31.9 Å². The summed E-state index contributed by atoms with van der Waals surface area (Å²) in [5, 5.41) is 3.48. The highest BCUT2D eigenvalue weighted by Crippen LogP contribution is 2.29. The van der Waals surface area contributed by atoms with Gasteiger partial charge in [0.05, 0.1) is 16.5 Å². The van der Waals surface area contributed by atoms with Gasteiger partial charge in [0.25, 0.3) is 0 Å². The molecule has 5 N–H and O–H groups in total. The van der Waals surface area contributed by atoms with Crippen molar-refractivity contribution < 1.29 is 17.9 Å². The van der Waals surface area contributed by atoms with Crippen LogP contribution in [0.25, 0.3) is 0 Å². The number of hydrogen-bond donors (Lipinski definition) is 4. The number of hydrogen-bond acceptors (Lipinski definition) is 4. The van der Waals surface area contributed by atoms with E-state index < -0.39 is 11.1 Å². The van der Waals surface area contributed by atoms with Crippen molar-refractivity contribution >= 4 is 34.2 Å². The lowest BCUT2D eigenvalue weighted by Crippen LogP contribution is -2.19. The molecule has 180 valence electrons. The zero-order chi connectivity index (χ0) is 24.3. The summed E-state index contributed by atoms with van der Waals surface area (Å²) >= 11 is 4.51. The predicted molar refractivity (Wildman–Crippen MR) is 134 cm³/mol. The Balaban J connectivity index is 1.49. The summed E-state index contributed by atoms with van der Waals surface area (Å²) in [4.78, 5) is 7.62. The number of rotatable bonds is 12. The molecule has 2 aromatic carbocycles. The molecule has 0 aliphatic rings. The second-order valence-electron chi connectivity index (χ2n) is 7.39. The Morgan fingerprint density at radius 2 is 2.06 bits per heavy atom. The Bertz CT molecular complexity index is 1180. The number of aromatic amines is 1. The normalized spacial score (nSPS) is 12.9. The van der Waals surface area contributed by atoms with E-state index in [2.05, 4.69) is 15.3 Å². The van der Waals surface area contributed by atoms with Gasteiger partial charge >= 0.3 is 0 Å². The first-order valence-corrected chi connectivity index (χ1v) is 12.2. The lowest BCUT2D eigenvalue weighted by molar-refractivity contribution is 0.306. The van der Waals surface area contributed by atoms with Crippen molar-refractivity contribution in [2.24, 2.45) is 10.7 Å². The van der Waals surface area contributed by atoms with Crippen molar-refractivity contribution in [2.45, 2.75) is 19.6 Å². The highest BCUT2D eigenvalue weighted by Gasteiger charge is 2.05. The van der Waals surface area contributed by atoms with Crippen LogP contribution < -0.4 is 15.8 Å². The number of nitrogens with zero attached hydrogens (tertiary/aromatic N) is 1. The van der Waals surface area contributed by atoms with Crippen molar-refractivity contribution in [1.82, 2.24) is 10.3 Å². The monoisotopic (exact) mass is 504 g/mol. The number of nitrogens with two attached hydrogens (primary N) is 1. The SMILES string of the molecule is NC(C=CCc1ccc(CNCCS(=O)O)[nH]1)=Nc1ccc(OCc2cccc(F)c2)c(Cl)c1. The maximum atomic E-state index is 13.3. The summed E-state index contributed by atoms with van der Waals surface area (Å²) in [5.41, 5.74) is 9.29. The summed E-state index contributed by atoms with van der Waals surface area (Å²) in [7, 11) is 0. The van der Waals surface area contributed by atoms with Gasteiger partial charge in [-0.15, -0.1) is 0 Å². The Morgan fingerprint density at radius 1 is 1.24 bits per heavy atom. The van der Waals surface area contributed by atoms with Crippen LogP contribution in [0.2, 0.25) is 5.02 Å². The first kappa shape index (κ1) is 25.6.